The van der Waals surface area contributed by atoms with Crippen molar-refractivity contribution < 1.29 is 144 Å². The van der Waals surface area contributed by atoms with Gasteiger partial charge in [0.05, 0.1) is 84.8 Å². The number of fused-ring (bicyclic) bond motifs is 5. The number of ketones is 1. The second-order valence-corrected chi connectivity index (χ2v) is 31.7. The van der Waals surface area contributed by atoms with Crippen molar-refractivity contribution in [2.24, 2.45) is 28.1 Å². The number of Topliss-reactive ketones (excluding diaryl/α,β-unsaturated/α-hetero) is 1. The van der Waals surface area contributed by atoms with E-state index < -0.39 is 138 Å². The fourth-order valence-corrected chi connectivity index (χ4v) is 14.2. The summed E-state index contributed by atoms with van der Waals surface area (Å²) in [6.45, 7) is 9.23. The quantitative estimate of drug-likeness (QED) is 0.0126. The number of aliphatic imine (C=N–C) groups is 1. The Kier molecular flexibility index (Phi) is 71.2. The first-order valence-corrected chi connectivity index (χ1v) is 47.0. The molecule has 7 atom stereocenters. The molecule has 2 heterocycles. The number of primary amides is 1. The number of ether oxygens (including phenoxy) is 8. The molecule has 0 aliphatic carbocycles. The van der Waals surface area contributed by atoms with Gasteiger partial charge in [-0.2, -0.15) is 26.2 Å². The van der Waals surface area contributed by atoms with Gasteiger partial charge in [-0.1, -0.05) is 57.8 Å². The van der Waals surface area contributed by atoms with Crippen LogP contribution in [0.5, 0.6) is 0 Å². The summed E-state index contributed by atoms with van der Waals surface area (Å²) in [5.74, 6) is -13.1. The van der Waals surface area contributed by atoms with Gasteiger partial charge in [0.15, 0.2) is 5.96 Å². The SMILES string of the molecule is CCOCCNC(=O)[C@@H]1CSCC(=O)N[C@@H](CCCCNC(=O)CCCC(=O)CC(C[N-]CC[NH-])C[N-]CC[NH-])C(=O)N[C@H]2CSSC[C@H](NC(=O)[C@H](CC(=O)O)NC(=O)CNC(=O)[C@H](CCCN=C(N)N)NC2=O)C(=O)N[C@@H](Cc2ccccc2)C(=O)N1.CCOCCOCCNC(=O)COCC(=O)NCCOCCOCCOCCNC(=O)COCC(N)=O.[O]=[Tc+]=[O]. The van der Waals surface area contributed by atoms with Gasteiger partial charge in [-0.25, -0.2) is 0 Å². The van der Waals surface area contributed by atoms with Gasteiger partial charge >= 0.3 is 30.6 Å². The number of amides is 14. The summed E-state index contributed by atoms with van der Waals surface area (Å²) in [4.78, 5) is 214. The van der Waals surface area contributed by atoms with Gasteiger partial charge in [-0.3, -0.25) is 81.7 Å². The summed E-state index contributed by atoms with van der Waals surface area (Å²) in [7, 11) is 1.86. The molecule has 2 saturated heterocycles. The number of carbonyl (C=O) groups is 16. The molecule has 48 nitrogen and oxygen atoms in total. The van der Waals surface area contributed by atoms with Gasteiger partial charge in [0, 0.05) is 95.4 Å². The molecule has 0 spiro atoms. The molecule has 1 aromatic carbocycles. The average Bonchev–Trinajstić information content (AvgIpc) is 1.24. The molecule has 2 aliphatic heterocycles. The first-order chi connectivity index (χ1) is 62.1. The van der Waals surface area contributed by atoms with E-state index in [-0.39, 0.29) is 188 Å². The van der Waals surface area contributed by atoms with Gasteiger partial charge in [0.1, 0.15) is 74.5 Å². The number of carboxylic acid groups (broad SMARTS) is 1. The van der Waals surface area contributed by atoms with Crippen molar-refractivity contribution in [1.29, 1.82) is 0 Å². The molecule has 1 aromatic rings. The van der Waals surface area contributed by atoms with E-state index in [1.165, 1.54) is 0 Å². The third-order valence-corrected chi connectivity index (χ3v) is 20.7. The Hall–Kier alpha value is -8.97. The maximum atomic E-state index is 14.5. The molecule has 732 valence electrons. The maximum absolute atomic E-state index is 14.5. The van der Waals surface area contributed by atoms with Crippen LogP contribution in [0.1, 0.15) is 83.6 Å². The van der Waals surface area contributed by atoms with Crippen LogP contribution in [0, 0.1) is 5.92 Å². The molecule has 0 saturated carbocycles. The second kappa shape index (κ2) is 77.8. The number of carbonyl (C=O) groups excluding carboxylic acids is 15. The number of carboxylic acids is 1. The van der Waals surface area contributed by atoms with Gasteiger partial charge in [-0.05, 0) is 57.9 Å². The zero-order valence-corrected chi connectivity index (χ0v) is 77.2. The fourth-order valence-electron chi connectivity index (χ4n) is 11.1. The first kappa shape index (κ1) is 118. The number of nitrogens with zero attached hydrogens (tertiary/aromatic N) is 3. The number of benzene rings is 1. The van der Waals surface area contributed by atoms with Crippen molar-refractivity contribution in [3.8, 4) is 0 Å². The Bertz CT molecular complexity index is 3550. The van der Waals surface area contributed by atoms with Gasteiger partial charge in [-0.15, -0.1) is 24.9 Å². The molecule has 0 unspecified atom stereocenters. The number of hydrogen-bond acceptors (Lipinski definition) is 30. The van der Waals surface area contributed by atoms with Crippen LogP contribution in [0.2, 0.25) is 0 Å². The van der Waals surface area contributed by atoms with Crippen molar-refractivity contribution in [3.63, 3.8) is 0 Å². The van der Waals surface area contributed by atoms with E-state index in [2.05, 4.69) is 84.7 Å². The Morgan fingerprint density at radius 2 is 0.992 bits per heavy atom. The van der Waals surface area contributed by atoms with E-state index in [9.17, 15) is 81.8 Å². The topological polar surface area (TPSA) is 724 Å². The van der Waals surface area contributed by atoms with Gasteiger partial charge in [0.25, 0.3) is 0 Å². The number of rotatable bonds is 59. The van der Waals surface area contributed by atoms with Crippen LogP contribution in [0.15, 0.2) is 35.3 Å². The van der Waals surface area contributed by atoms with Crippen LogP contribution in [0.25, 0.3) is 22.1 Å². The summed E-state index contributed by atoms with van der Waals surface area (Å²) < 4.78 is 58.5. The van der Waals surface area contributed by atoms with Crippen molar-refractivity contribution in [1.82, 2.24) is 69.1 Å². The number of aliphatic carboxylic acids is 1. The Labute approximate surface area is 769 Å². The molecule has 2 fully saturated rings. The van der Waals surface area contributed by atoms with Gasteiger partial charge in [0.2, 0.25) is 82.7 Å². The summed E-state index contributed by atoms with van der Waals surface area (Å²) in [6, 6.07) is -1.85. The normalized spacial score (nSPS) is 17.9. The predicted molar refractivity (Wildman–Crippen MR) is 470 cm³/mol. The Balaban J connectivity index is 0.00000173. The Morgan fingerprint density at radius 1 is 0.519 bits per heavy atom. The van der Waals surface area contributed by atoms with Crippen LogP contribution in [0.4, 0.5) is 0 Å². The monoisotopic (exact) mass is 1970 g/mol. The van der Waals surface area contributed by atoms with Crippen LogP contribution in [0.3, 0.4) is 0 Å². The van der Waals surface area contributed by atoms with E-state index >= 15 is 0 Å². The molecule has 52 heteroatoms. The number of unbranched alkanes of at least 4 members (excludes halogenated alkanes) is 1. The van der Waals surface area contributed by atoms with E-state index in [1.54, 1.807) is 37.3 Å². The third kappa shape index (κ3) is 64.5. The van der Waals surface area contributed by atoms with Crippen molar-refractivity contribution in [3.05, 3.63) is 58.0 Å². The molecule has 0 radical (unpaired) electrons. The van der Waals surface area contributed by atoms with Gasteiger partial charge < -0.3 is 151 Å². The average molecular weight is 1980 g/mol. The van der Waals surface area contributed by atoms with Crippen molar-refractivity contribution in [2.75, 3.05) is 214 Å². The molecule has 2 aliphatic rings. The molecule has 2 bridgehead atoms. The number of hydrogen-bond donors (Lipinski definition) is 17. The molecule has 0 aromatic heterocycles. The van der Waals surface area contributed by atoms with Crippen LogP contribution in [-0.4, -0.2) is 362 Å². The molecule has 22 N–H and O–H groups in total. The summed E-state index contributed by atoms with van der Waals surface area (Å²) in [6.07, 6.45) is 0.102. The molecule has 14 amide bonds. The summed E-state index contributed by atoms with van der Waals surface area (Å²) >= 11 is -0.983. The second-order valence-electron chi connectivity index (χ2n) is 27.9. The molecular weight excluding hydrogens is 1850 g/mol. The minimum absolute atomic E-state index is 0.0135. The van der Waals surface area contributed by atoms with Crippen molar-refractivity contribution >= 4 is 134 Å². The zero-order chi connectivity index (χ0) is 95.5. The predicted octanol–water partition coefficient (Wildman–Crippen LogP) is -4.84. The third-order valence-electron chi connectivity index (χ3n) is 17.2. The minimum atomic E-state index is -1.91. The van der Waals surface area contributed by atoms with Crippen LogP contribution >= 0.6 is 33.3 Å². The standard InChI is InChI=1S/C55H87N17O14S3.C22H42N4O11.2O.Tc/c1-2-86-23-22-63-49(80)41-30-87-33-46(76)66-38(13-6-7-18-62-44(74)15-8-12-36(73)24-35(27-60-20-16-56)28-61-21-17-57)50(81)71-42-31-88-89-32-43(54(85)69-39(51(82)70-41)25-34-10-4-3-5-11-34)72-52(83)40(26-47(77)78)67-45(75)29-65-48(79)37(68-53(42)84)14-9-19-64-55(58)59;1-2-31-9-10-32-6-3-25-21(29)17-37-18-22(30)26-5-8-34-12-14-35-13-11-33-7-4-24-20(28)16-36-15-19(23)27;;;/h3-5,10-11,35,37-43,56-57H,2,6-9,12-33H2,1H3,(H,62,74)(H,63,80)(H,65,79)(H,66,76)(H,67,75)(H,68,84)(H,69,85)(H,70,82)(H,71,81)(H,72,83)(H,77,78)(H4,58,59,64);2-18H2,1H3,(H2,23,27)(H,24,28)(H,25,29)(H,26,30);;;/q-4;;;;+1/t37-,38-,39-,40-,41-,42-,43-;;;;/m0..../s1. The van der Waals surface area contributed by atoms with Crippen LogP contribution in [-0.2, 0) is 146 Å². The summed E-state index contributed by atoms with van der Waals surface area (Å²) in [5, 5.41) is 52.2. The fraction of sp³-hybridized carbons (Fsp3) is 0.701. The number of nitrogens with two attached hydrogens (primary N) is 3. The van der Waals surface area contributed by atoms with Crippen molar-refractivity contribution in [2.45, 2.75) is 127 Å². The van der Waals surface area contributed by atoms with Crippen LogP contribution < -0.4 is 86.3 Å². The zero-order valence-electron chi connectivity index (χ0n) is 72.9. The molecule has 129 heavy (non-hydrogen) atoms. The summed E-state index contributed by atoms with van der Waals surface area (Å²) in [5.41, 5.74) is 31.1. The number of guanidine groups is 1. The van der Waals surface area contributed by atoms with E-state index in [0.29, 0.717) is 130 Å². The number of thioether (sulfide) groups is 1. The molecular formula is C77H129N21O27S3Tc-3. The van der Waals surface area contributed by atoms with E-state index in [1.807, 2.05) is 6.92 Å². The first-order valence-electron chi connectivity index (χ1n) is 41.8. The van der Waals surface area contributed by atoms with E-state index in [0.717, 1.165) is 33.3 Å². The van der Waals surface area contributed by atoms with E-state index in [4.69, 9.17) is 73.6 Å². The molecule has 3 rings (SSSR count). The number of nitrogens with one attached hydrogen (secondary N) is 15. The Morgan fingerprint density at radius 3 is 1.53 bits per heavy atom.